The molecule has 1 saturated heterocycles. The summed E-state index contributed by atoms with van der Waals surface area (Å²) in [6.45, 7) is 9.91. The highest BCUT2D eigenvalue weighted by molar-refractivity contribution is 6.30. The second-order valence-corrected chi connectivity index (χ2v) is 11.0. The number of hydrogen-bond acceptors (Lipinski definition) is 6. The van der Waals surface area contributed by atoms with E-state index in [0.717, 1.165) is 10.5 Å². The number of ether oxygens (including phenoxy) is 2. The molecule has 5 amide bonds. The SMILES string of the molecule is CC(C)(C)OC(=O)N1C(=O)N(C(=O)OC(C)(C)C)C2(CCC(c3ccc(Cl)cc3)CC2)C1=O. The number of benzene rings is 1. The largest absolute Gasteiger partial charge is 0.443 e. The lowest BCUT2D eigenvalue weighted by atomic mass is 9.73. The minimum atomic E-state index is -1.49. The molecule has 0 aromatic heterocycles. The van der Waals surface area contributed by atoms with Crippen LogP contribution >= 0.6 is 11.6 Å². The summed E-state index contributed by atoms with van der Waals surface area (Å²) in [6, 6.07) is 6.45. The third kappa shape index (κ3) is 5.16. The summed E-state index contributed by atoms with van der Waals surface area (Å²) >= 11 is 5.99. The Morgan fingerprint density at radius 1 is 0.909 bits per heavy atom. The molecule has 2 fully saturated rings. The third-order valence-electron chi connectivity index (χ3n) is 5.72. The summed E-state index contributed by atoms with van der Waals surface area (Å²) in [4.78, 5) is 53.9. The van der Waals surface area contributed by atoms with E-state index in [1.807, 2.05) is 24.3 Å². The molecule has 0 radical (unpaired) electrons. The third-order valence-corrected chi connectivity index (χ3v) is 5.97. The molecule has 1 aromatic carbocycles. The van der Waals surface area contributed by atoms with E-state index in [-0.39, 0.29) is 18.8 Å². The summed E-state index contributed by atoms with van der Waals surface area (Å²) < 4.78 is 10.7. The molecule has 180 valence electrons. The van der Waals surface area contributed by atoms with Crippen LogP contribution in [0.1, 0.15) is 78.7 Å². The Kier molecular flexibility index (Phi) is 6.54. The topological polar surface area (TPSA) is 93.2 Å². The van der Waals surface area contributed by atoms with Crippen molar-refractivity contribution in [1.82, 2.24) is 9.80 Å². The molecule has 1 aliphatic carbocycles. The molecular formula is C24H31ClN2O6. The highest BCUT2D eigenvalue weighted by atomic mass is 35.5. The predicted molar refractivity (Wildman–Crippen MR) is 122 cm³/mol. The van der Waals surface area contributed by atoms with Gasteiger partial charge in [-0.15, -0.1) is 0 Å². The van der Waals surface area contributed by atoms with Gasteiger partial charge in [-0.1, -0.05) is 23.7 Å². The lowest BCUT2D eigenvalue weighted by molar-refractivity contribution is -0.134. The Labute approximate surface area is 199 Å². The number of imide groups is 4. The fourth-order valence-corrected chi connectivity index (χ4v) is 4.43. The number of rotatable bonds is 1. The van der Waals surface area contributed by atoms with Gasteiger partial charge in [0, 0.05) is 5.02 Å². The van der Waals surface area contributed by atoms with Gasteiger partial charge in [0.25, 0.3) is 5.91 Å². The van der Waals surface area contributed by atoms with Crippen molar-refractivity contribution in [2.45, 2.75) is 89.9 Å². The summed E-state index contributed by atoms with van der Waals surface area (Å²) in [5, 5.41) is 0.631. The summed E-state index contributed by atoms with van der Waals surface area (Å²) in [7, 11) is 0. The second kappa shape index (κ2) is 8.63. The fourth-order valence-electron chi connectivity index (χ4n) is 4.30. The van der Waals surface area contributed by atoms with Crippen molar-refractivity contribution in [3.8, 4) is 0 Å². The lowest BCUT2D eigenvalue weighted by Gasteiger charge is -2.40. The van der Waals surface area contributed by atoms with Crippen LogP contribution in [0.4, 0.5) is 14.4 Å². The van der Waals surface area contributed by atoms with Gasteiger partial charge in [0.05, 0.1) is 0 Å². The van der Waals surface area contributed by atoms with Crippen LogP contribution in [0.2, 0.25) is 5.02 Å². The maximum Gasteiger partial charge on any atom is 0.425 e. The van der Waals surface area contributed by atoms with Gasteiger partial charge in [-0.2, -0.15) is 4.90 Å². The van der Waals surface area contributed by atoms with Crippen LogP contribution in [0.3, 0.4) is 0 Å². The first-order valence-corrected chi connectivity index (χ1v) is 11.4. The van der Waals surface area contributed by atoms with Crippen molar-refractivity contribution in [1.29, 1.82) is 0 Å². The minimum Gasteiger partial charge on any atom is -0.443 e. The Hall–Kier alpha value is -2.61. The zero-order valence-corrected chi connectivity index (χ0v) is 20.7. The van der Waals surface area contributed by atoms with Crippen molar-refractivity contribution in [3.05, 3.63) is 34.9 Å². The van der Waals surface area contributed by atoms with Crippen molar-refractivity contribution >= 4 is 35.7 Å². The van der Waals surface area contributed by atoms with Crippen molar-refractivity contribution in [2.24, 2.45) is 0 Å². The van der Waals surface area contributed by atoms with Crippen LogP contribution in [-0.2, 0) is 14.3 Å². The molecule has 8 nitrogen and oxygen atoms in total. The van der Waals surface area contributed by atoms with Crippen LogP contribution in [0.15, 0.2) is 24.3 Å². The van der Waals surface area contributed by atoms with Crippen molar-refractivity contribution in [2.75, 3.05) is 0 Å². The van der Waals surface area contributed by atoms with E-state index in [0.29, 0.717) is 22.8 Å². The average molecular weight is 479 g/mol. The molecule has 33 heavy (non-hydrogen) atoms. The molecule has 0 unspecified atom stereocenters. The monoisotopic (exact) mass is 478 g/mol. The van der Waals surface area contributed by atoms with Gasteiger partial charge in [-0.25, -0.2) is 19.3 Å². The maximum absolute atomic E-state index is 13.5. The van der Waals surface area contributed by atoms with E-state index in [4.69, 9.17) is 21.1 Å². The first-order chi connectivity index (χ1) is 15.1. The minimum absolute atomic E-state index is 0.131. The van der Waals surface area contributed by atoms with E-state index in [1.54, 1.807) is 41.5 Å². The van der Waals surface area contributed by atoms with E-state index in [1.165, 1.54) is 0 Å². The quantitative estimate of drug-likeness (QED) is 0.468. The number of amides is 5. The second-order valence-electron chi connectivity index (χ2n) is 10.6. The number of carbonyl (C=O) groups is 4. The van der Waals surface area contributed by atoms with Gasteiger partial charge in [-0.05, 0) is 90.8 Å². The highest BCUT2D eigenvalue weighted by Crippen LogP contribution is 2.46. The standard InChI is InChI=1S/C24H31ClN2O6/c1-22(2,3)32-20(30)26-18(28)24(27(19(26)29)21(31)33-23(4,5)6)13-11-16(12-14-24)15-7-9-17(25)10-8-15/h7-10,16H,11-14H2,1-6H3. The van der Waals surface area contributed by atoms with E-state index in [2.05, 4.69) is 0 Å². The van der Waals surface area contributed by atoms with Gasteiger partial charge in [0.1, 0.15) is 16.7 Å². The maximum atomic E-state index is 13.5. The Morgan fingerprint density at radius 3 is 1.88 bits per heavy atom. The van der Waals surface area contributed by atoms with Gasteiger partial charge in [-0.3, -0.25) is 4.79 Å². The molecule has 3 rings (SSSR count). The summed E-state index contributed by atoms with van der Waals surface area (Å²) in [6.07, 6.45) is -0.531. The van der Waals surface area contributed by atoms with Gasteiger partial charge in [0.2, 0.25) is 0 Å². The number of urea groups is 1. The summed E-state index contributed by atoms with van der Waals surface area (Å²) in [5.41, 5.74) is -2.23. The van der Waals surface area contributed by atoms with E-state index in [9.17, 15) is 19.2 Å². The molecule has 1 aliphatic heterocycles. The Bertz CT molecular complexity index is 953. The molecule has 1 spiro atoms. The van der Waals surface area contributed by atoms with Crippen LogP contribution < -0.4 is 0 Å². The summed E-state index contributed by atoms with van der Waals surface area (Å²) in [5.74, 6) is -0.617. The first kappa shape index (κ1) is 25.0. The lowest BCUT2D eigenvalue weighted by Crippen LogP contribution is -2.55. The van der Waals surface area contributed by atoms with Crippen LogP contribution in [-0.4, -0.2) is 50.7 Å². The molecule has 2 aliphatic rings. The number of hydrogen-bond donors (Lipinski definition) is 0. The molecule has 1 aromatic rings. The van der Waals surface area contributed by atoms with Crippen molar-refractivity contribution < 1.29 is 28.7 Å². The molecule has 1 saturated carbocycles. The zero-order chi connectivity index (χ0) is 24.8. The van der Waals surface area contributed by atoms with Crippen LogP contribution in [0.25, 0.3) is 0 Å². The molecule has 0 atom stereocenters. The Balaban J connectivity index is 1.93. The average Bonchev–Trinajstić information content (AvgIpc) is 2.87. The molecule has 0 bridgehead atoms. The fraction of sp³-hybridized carbons (Fsp3) is 0.583. The predicted octanol–water partition coefficient (Wildman–Crippen LogP) is 5.87. The molecular weight excluding hydrogens is 448 g/mol. The van der Waals surface area contributed by atoms with Gasteiger partial charge < -0.3 is 9.47 Å². The Morgan fingerprint density at radius 2 is 1.39 bits per heavy atom. The molecule has 0 N–H and O–H groups in total. The van der Waals surface area contributed by atoms with Crippen LogP contribution in [0, 0.1) is 0 Å². The first-order valence-electron chi connectivity index (χ1n) is 11.0. The highest BCUT2D eigenvalue weighted by Gasteiger charge is 2.64. The van der Waals surface area contributed by atoms with E-state index >= 15 is 0 Å². The van der Waals surface area contributed by atoms with Gasteiger partial charge in [0.15, 0.2) is 0 Å². The smallest absolute Gasteiger partial charge is 0.425 e. The number of nitrogens with zero attached hydrogens (tertiary/aromatic N) is 2. The molecule has 1 heterocycles. The van der Waals surface area contributed by atoms with Gasteiger partial charge >= 0.3 is 18.2 Å². The van der Waals surface area contributed by atoms with Crippen LogP contribution in [0.5, 0.6) is 0 Å². The number of carbonyl (C=O) groups excluding carboxylic acids is 4. The normalized spacial score (nSPS) is 23.8. The number of halogens is 1. The van der Waals surface area contributed by atoms with E-state index < -0.39 is 40.9 Å². The van der Waals surface area contributed by atoms with Crippen molar-refractivity contribution in [3.63, 3.8) is 0 Å². The zero-order valence-electron chi connectivity index (χ0n) is 19.9. The molecule has 9 heteroatoms.